The summed E-state index contributed by atoms with van der Waals surface area (Å²) in [6.07, 6.45) is 12.7. The van der Waals surface area contributed by atoms with Crippen molar-refractivity contribution in [1.29, 1.82) is 0 Å². The quantitative estimate of drug-likeness (QED) is 0.0346. The molecule has 0 spiro atoms. The van der Waals surface area contributed by atoms with E-state index < -0.39 is 60.6 Å². The molecule has 3 rings (SSSR count). The van der Waals surface area contributed by atoms with Crippen LogP contribution in [0.5, 0.6) is 0 Å². The number of carbonyl (C=O) groups is 2. The zero-order valence-corrected chi connectivity index (χ0v) is 38.2. The van der Waals surface area contributed by atoms with Gasteiger partial charge in [0.25, 0.3) is 0 Å². The molecule has 8 atom stereocenters. The molecule has 1 saturated heterocycles. The van der Waals surface area contributed by atoms with Gasteiger partial charge in [0, 0.05) is 13.0 Å². The van der Waals surface area contributed by atoms with Crippen molar-refractivity contribution in [2.75, 3.05) is 13.2 Å². The first-order chi connectivity index (χ1) is 30.4. The summed E-state index contributed by atoms with van der Waals surface area (Å²) in [4.78, 5) is 25.8. The lowest BCUT2D eigenvalue weighted by Crippen LogP contribution is -2.61. The highest BCUT2D eigenvalue weighted by Crippen LogP contribution is 2.23. The largest absolute Gasteiger partial charge is 0.390 e. The molecule has 1 aliphatic heterocycles. The molecule has 2 amide bonds. The van der Waals surface area contributed by atoms with Crippen LogP contribution in [-0.2, 0) is 31.9 Å². The van der Waals surface area contributed by atoms with Gasteiger partial charge in [0.15, 0.2) is 17.9 Å². The minimum Gasteiger partial charge on any atom is -0.390 e. The minimum absolute atomic E-state index is 0.0982. The highest BCUT2D eigenvalue weighted by molar-refractivity contribution is 5.78. The minimum atomic E-state index is -1.67. The summed E-state index contributed by atoms with van der Waals surface area (Å²) < 4.78 is 38.3. The van der Waals surface area contributed by atoms with Crippen molar-refractivity contribution >= 4 is 11.8 Å². The average Bonchev–Trinajstić information content (AvgIpc) is 3.27. The Morgan fingerprint density at radius 3 is 1.84 bits per heavy atom. The number of hydrogen-bond donors (Lipinski definition) is 7. The molecule has 1 aliphatic rings. The van der Waals surface area contributed by atoms with E-state index in [9.17, 15) is 43.9 Å². The first kappa shape index (κ1) is 54.3. The van der Waals surface area contributed by atoms with Crippen molar-refractivity contribution < 1.29 is 53.4 Å². The number of unbranched alkanes of at least 4 members (excludes halogenated alkanes) is 18. The molecular formula is C50H80F2N2O9. The molecule has 2 aromatic carbocycles. The highest BCUT2D eigenvalue weighted by atomic mass is 19.2. The van der Waals surface area contributed by atoms with Crippen LogP contribution in [0.15, 0.2) is 42.5 Å². The first-order valence-electron chi connectivity index (χ1n) is 24.1. The lowest BCUT2D eigenvalue weighted by atomic mass is 9.98. The fourth-order valence-electron chi connectivity index (χ4n) is 8.10. The molecule has 0 aliphatic carbocycles. The second-order valence-corrected chi connectivity index (χ2v) is 17.8. The van der Waals surface area contributed by atoms with Gasteiger partial charge < -0.3 is 45.6 Å². The summed E-state index contributed by atoms with van der Waals surface area (Å²) in [5.74, 6) is -2.30. The Balaban J connectivity index is 1.45. The van der Waals surface area contributed by atoms with Crippen LogP contribution in [-0.4, -0.2) is 99.5 Å². The fourth-order valence-corrected chi connectivity index (χ4v) is 8.10. The average molecular weight is 891 g/mol. The van der Waals surface area contributed by atoms with Gasteiger partial charge in [-0.2, -0.15) is 0 Å². The number of benzene rings is 2. The van der Waals surface area contributed by atoms with Crippen LogP contribution in [0.4, 0.5) is 8.78 Å². The van der Waals surface area contributed by atoms with E-state index in [2.05, 4.69) is 17.6 Å². The predicted molar refractivity (Wildman–Crippen MR) is 242 cm³/mol. The van der Waals surface area contributed by atoms with Crippen LogP contribution in [0, 0.1) is 18.6 Å². The smallest absolute Gasteiger partial charge is 0.224 e. The molecule has 0 saturated carbocycles. The molecule has 63 heavy (non-hydrogen) atoms. The van der Waals surface area contributed by atoms with Crippen molar-refractivity contribution in [2.45, 2.75) is 217 Å². The maximum absolute atomic E-state index is 13.4. The topological polar surface area (TPSA) is 178 Å². The van der Waals surface area contributed by atoms with Crippen molar-refractivity contribution in [3.63, 3.8) is 0 Å². The number of ether oxygens (including phenoxy) is 2. The maximum Gasteiger partial charge on any atom is 0.224 e. The van der Waals surface area contributed by atoms with E-state index in [4.69, 9.17) is 9.47 Å². The molecule has 1 heterocycles. The predicted octanol–water partition coefficient (Wildman–Crippen LogP) is 7.81. The first-order valence-corrected chi connectivity index (χ1v) is 24.1. The van der Waals surface area contributed by atoms with Gasteiger partial charge in [0.1, 0.15) is 30.5 Å². The van der Waals surface area contributed by atoms with E-state index in [0.717, 1.165) is 87.0 Å². The van der Waals surface area contributed by atoms with E-state index in [0.29, 0.717) is 25.7 Å². The number of hydrogen-bond acceptors (Lipinski definition) is 9. The zero-order valence-electron chi connectivity index (χ0n) is 38.2. The van der Waals surface area contributed by atoms with E-state index in [-0.39, 0.29) is 37.8 Å². The number of aryl methyl sites for hydroxylation is 2. The lowest BCUT2D eigenvalue weighted by Gasteiger charge is -2.41. The van der Waals surface area contributed by atoms with Gasteiger partial charge >= 0.3 is 0 Å². The molecule has 0 radical (unpaired) electrons. The third kappa shape index (κ3) is 22.1. The Labute approximate surface area is 375 Å². The van der Waals surface area contributed by atoms with Crippen LogP contribution < -0.4 is 10.6 Å². The Bertz CT molecular complexity index is 1540. The maximum atomic E-state index is 13.4. The molecule has 1 fully saturated rings. The number of aliphatic hydroxyl groups excluding tert-OH is 5. The normalized spacial score (nSPS) is 20.3. The summed E-state index contributed by atoms with van der Waals surface area (Å²) in [5, 5.41) is 60.0. The van der Waals surface area contributed by atoms with Crippen LogP contribution in [0.1, 0.15) is 165 Å². The van der Waals surface area contributed by atoms with Gasteiger partial charge in [0.2, 0.25) is 11.8 Å². The van der Waals surface area contributed by atoms with Gasteiger partial charge in [-0.25, -0.2) is 8.78 Å². The number of amides is 2. The van der Waals surface area contributed by atoms with Gasteiger partial charge in [-0.3, -0.25) is 9.59 Å². The summed E-state index contributed by atoms with van der Waals surface area (Å²) in [6, 6.07) is 10.5. The van der Waals surface area contributed by atoms with E-state index in [1.807, 2.05) is 31.2 Å². The van der Waals surface area contributed by atoms with E-state index in [1.54, 1.807) is 6.07 Å². The van der Waals surface area contributed by atoms with E-state index in [1.165, 1.54) is 57.4 Å². The molecule has 358 valence electrons. The van der Waals surface area contributed by atoms with Crippen molar-refractivity contribution in [3.8, 4) is 0 Å². The van der Waals surface area contributed by atoms with Crippen molar-refractivity contribution in [2.24, 2.45) is 0 Å². The number of carbonyl (C=O) groups excluding carboxylic acids is 2. The van der Waals surface area contributed by atoms with Crippen molar-refractivity contribution in [3.05, 3.63) is 70.8 Å². The van der Waals surface area contributed by atoms with Crippen LogP contribution >= 0.6 is 0 Å². The number of halogens is 2. The van der Waals surface area contributed by atoms with Crippen LogP contribution in [0.25, 0.3) is 0 Å². The second kappa shape index (κ2) is 31.8. The SMILES string of the molecule is CCCCCCCCCCCCCC[C@@H](O)[C@@H](O)[C@H](CO[C@H]1O[C@H](CNC(=O)Cc2ccc(C)cc2)[C@H](O)[C@H](O)[C@H]1O)NC(=O)CCCCCCCCCCc1ccc(F)c(F)c1. The van der Waals surface area contributed by atoms with Crippen LogP contribution in [0.3, 0.4) is 0 Å². The molecule has 11 nitrogen and oxygen atoms in total. The second-order valence-electron chi connectivity index (χ2n) is 17.8. The highest BCUT2D eigenvalue weighted by Gasteiger charge is 2.45. The van der Waals surface area contributed by atoms with Gasteiger partial charge in [-0.1, -0.05) is 158 Å². The molecule has 2 aromatic rings. The van der Waals surface area contributed by atoms with E-state index >= 15 is 0 Å². The molecule has 0 aromatic heterocycles. The van der Waals surface area contributed by atoms with Crippen molar-refractivity contribution in [1.82, 2.24) is 10.6 Å². The number of nitrogens with one attached hydrogen (secondary N) is 2. The Kier molecular flexibility index (Phi) is 27.4. The van der Waals surface area contributed by atoms with Crippen LogP contribution in [0.2, 0.25) is 0 Å². The number of rotatable bonds is 34. The standard InChI is InChI=1S/C50H80F2N2O9/c1-3-4-5-6-7-8-9-10-11-15-18-21-24-42(55)46(58)41(54-44(56)25-22-19-16-13-12-14-17-20-23-37-30-31-39(51)40(52)32-37)35-62-50-49(61)48(60)47(59)43(63-50)34-53-45(57)33-38-28-26-36(2)27-29-38/h26-32,41-43,46-50,55,58-61H,3-25,33-35H2,1-2H3,(H,53,57)(H,54,56)/t41-,42+,43+,46-,47-,48-,49+,50-/m0/s1. The monoisotopic (exact) mass is 891 g/mol. The summed E-state index contributed by atoms with van der Waals surface area (Å²) in [7, 11) is 0. The molecule has 7 N–H and O–H groups in total. The third-order valence-electron chi connectivity index (χ3n) is 12.2. The Morgan fingerprint density at radius 1 is 0.683 bits per heavy atom. The molecule has 0 unspecified atom stereocenters. The van der Waals surface area contributed by atoms with Gasteiger partial charge in [-0.05, 0) is 55.9 Å². The number of aliphatic hydroxyl groups is 5. The molecule has 13 heteroatoms. The summed E-state index contributed by atoms with van der Waals surface area (Å²) in [5.41, 5.74) is 2.66. The summed E-state index contributed by atoms with van der Waals surface area (Å²) in [6.45, 7) is 3.64. The third-order valence-corrected chi connectivity index (χ3v) is 12.2. The lowest BCUT2D eigenvalue weighted by molar-refractivity contribution is -0.297. The Hall–Kier alpha value is -3.04. The fraction of sp³-hybridized carbons (Fsp3) is 0.720. The van der Waals surface area contributed by atoms with Gasteiger partial charge in [-0.15, -0.1) is 0 Å². The zero-order chi connectivity index (χ0) is 45.8. The summed E-state index contributed by atoms with van der Waals surface area (Å²) >= 11 is 0. The molecular weight excluding hydrogens is 811 g/mol. The Morgan fingerprint density at radius 2 is 1.24 bits per heavy atom. The van der Waals surface area contributed by atoms with Gasteiger partial charge in [0.05, 0.1) is 25.2 Å². The molecule has 0 bridgehead atoms.